The zero-order chi connectivity index (χ0) is 15.6. The van der Waals surface area contributed by atoms with Crippen molar-refractivity contribution >= 4 is 15.9 Å². The third-order valence-corrected chi connectivity index (χ3v) is 5.65. The predicted molar refractivity (Wildman–Crippen MR) is 81.6 cm³/mol. The number of hydrogen-bond donors (Lipinski definition) is 0. The Balaban J connectivity index is 2.17. The van der Waals surface area contributed by atoms with Gasteiger partial charge in [0, 0.05) is 32.7 Å². The summed E-state index contributed by atoms with van der Waals surface area (Å²) < 4.78 is 25.1. The van der Waals surface area contributed by atoms with Gasteiger partial charge in [-0.3, -0.25) is 4.79 Å². The summed E-state index contributed by atoms with van der Waals surface area (Å²) in [5.41, 5.74) is 0.543. The van der Waals surface area contributed by atoms with Gasteiger partial charge in [0.15, 0.2) is 0 Å². The van der Waals surface area contributed by atoms with Crippen LogP contribution in [0.25, 0.3) is 0 Å². The fourth-order valence-electron chi connectivity index (χ4n) is 2.54. The Morgan fingerprint density at radius 1 is 1.24 bits per heavy atom. The normalized spacial score (nSPS) is 19.8. The average Bonchev–Trinajstić information content (AvgIpc) is 2.46. The maximum absolute atomic E-state index is 12.4. The summed E-state index contributed by atoms with van der Waals surface area (Å²) in [7, 11) is -0.465. The molecule has 116 valence electrons. The van der Waals surface area contributed by atoms with Crippen LogP contribution >= 0.6 is 0 Å². The topological polar surface area (TPSA) is 57.7 Å². The first-order valence-electron chi connectivity index (χ1n) is 7.14. The second kappa shape index (κ2) is 6.15. The van der Waals surface area contributed by atoms with Gasteiger partial charge in [-0.05, 0) is 43.0 Å². The summed E-state index contributed by atoms with van der Waals surface area (Å²) in [5.74, 6) is 0.506. The van der Waals surface area contributed by atoms with E-state index < -0.39 is 10.0 Å². The second-order valence-corrected chi connectivity index (χ2v) is 7.96. The van der Waals surface area contributed by atoms with Gasteiger partial charge in [0.05, 0.1) is 4.90 Å². The number of rotatable bonds is 3. The minimum atomic E-state index is -3.44. The lowest BCUT2D eigenvalue weighted by molar-refractivity contribution is 0.0683. The van der Waals surface area contributed by atoms with Crippen molar-refractivity contribution in [1.82, 2.24) is 9.21 Å². The van der Waals surface area contributed by atoms with Crippen molar-refractivity contribution in [1.29, 1.82) is 0 Å². The summed E-state index contributed by atoms with van der Waals surface area (Å²) >= 11 is 0. The molecule has 0 aliphatic carbocycles. The van der Waals surface area contributed by atoms with Crippen molar-refractivity contribution in [2.45, 2.75) is 24.7 Å². The van der Waals surface area contributed by atoms with Gasteiger partial charge in [0.1, 0.15) is 0 Å². The minimum Gasteiger partial charge on any atom is -0.338 e. The van der Waals surface area contributed by atoms with Crippen LogP contribution in [0, 0.1) is 5.92 Å². The van der Waals surface area contributed by atoms with E-state index in [1.54, 1.807) is 12.1 Å². The molecule has 0 radical (unpaired) electrons. The number of nitrogens with zero attached hydrogens (tertiary/aromatic N) is 2. The van der Waals surface area contributed by atoms with Crippen LogP contribution in [0.1, 0.15) is 30.1 Å². The number of piperidine rings is 1. The first kappa shape index (κ1) is 16.0. The monoisotopic (exact) mass is 310 g/mol. The Bertz CT molecular complexity index is 608. The van der Waals surface area contributed by atoms with Crippen molar-refractivity contribution in [3.8, 4) is 0 Å². The Morgan fingerprint density at radius 2 is 1.86 bits per heavy atom. The molecule has 2 rings (SSSR count). The molecule has 1 amide bonds. The molecule has 1 aliphatic rings. The highest BCUT2D eigenvalue weighted by Gasteiger charge is 2.23. The standard InChI is InChI=1S/C15H22N2O3S/c1-12-5-4-10-17(11-12)15(18)13-6-8-14(9-7-13)21(19,20)16(2)3/h6-9,12H,4-5,10-11H2,1-3H3. The van der Waals surface area contributed by atoms with E-state index in [9.17, 15) is 13.2 Å². The second-order valence-electron chi connectivity index (χ2n) is 5.81. The molecule has 1 heterocycles. The summed E-state index contributed by atoms with van der Waals surface area (Å²) in [4.78, 5) is 14.5. The Kier molecular flexibility index (Phi) is 4.68. The summed E-state index contributed by atoms with van der Waals surface area (Å²) in [5, 5.41) is 0. The van der Waals surface area contributed by atoms with Crippen molar-refractivity contribution in [3.63, 3.8) is 0 Å². The van der Waals surface area contributed by atoms with Gasteiger partial charge in [-0.1, -0.05) is 6.92 Å². The van der Waals surface area contributed by atoms with Crippen LogP contribution in [0.2, 0.25) is 0 Å². The van der Waals surface area contributed by atoms with Crippen LogP contribution in [0.4, 0.5) is 0 Å². The lowest BCUT2D eigenvalue weighted by atomic mass is 9.99. The van der Waals surface area contributed by atoms with Crippen LogP contribution in [0.5, 0.6) is 0 Å². The molecule has 1 aliphatic heterocycles. The van der Waals surface area contributed by atoms with E-state index in [1.165, 1.54) is 26.2 Å². The van der Waals surface area contributed by atoms with E-state index in [-0.39, 0.29) is 10.8 Å². The molecule has 0 saturated carbocycles. The molecule has 1 fully saturated rings. The number of sulfonamides is 1. The molecule has 0 aromatic heterocycles. The number of amides is 1. The SMILES string of the molecule is CC1CCCN(C(=O)c2ccc(S(=O)(=O)N(C)C)cc2)C1. The van der Waals surface area contributed by atoms with Gasteiger partial charge >= 0.3 is 0 Å². The minimum absolute atomic E-state index is 0.0182. The number of hydrogen-bond acceptors (Lipinski definition) is 3. The van der Waals surface area contributed by atoms with Gasteiger partial charge in [0.25, 0.3) is 5.91 Å². The molecule has 0 bridgehead atoms. The molecule has 21 heavy (non-hydrogen) atoms. The fraction of sp³-hybridized carbons (Fsp3) is 0.533. The summed E-state index contributed by atoms with van der Waals surface area (Å²) in [6.45, 7) is 3.70. The fourth-order valence-corrected chi connectivity index (χ4v) is 3.44. The predicted octanol–water partition coefficient (Wildman–Crippen LogP) is 1.81. The molecular weight excluding hydrogens is 288 g/mol. The lowest BCUT2D eigenvalue weighted by Gasteiger charge is -2.31. The maximum Gasteiger partial charge on any atom is 0.253 e. The van der Waals surface area contributed by atoms with Crippen LogP contribution in [-0.2, 0) is 10.0 Å². The van der Waals surface area contributed by atoms with Crippen molar-refractivity contribution in [2.24, 2.45) is 5.92 Å². The molecule has 1 aromatic rings. The Labute approximate surface area is 126 Å². The smallest absolute Gasteiger partial charge is 0.253 e. The molecule has 1 saturated heterocycles. The molecule has 1 unspecified atom stereocenters. The molecule has 0 spiro atoms. The van der Waals surface area contributed by atoms with Gasteiger partial charge < -0.3 is 4.90 Å². The Hall–Kier alpha value is -1.40. The number of carbonyl (C=O) groups excluding carboxylic acids is 1. The van der Waals surface area contributed by atoms with Crippen LogP contribution in [-0.4, -0.2) is 50.7 Å². The highest BCUT2D eigenvalue weighted by Crippen LogP contribution is 2.19. The largest absolute Gasteiger partial charge is 0.338 e. The number of benzene rings is 1. The Morgan fingerprint density at radius 3 is 2.38 bits per heavy atom. The molecule has 1 atom stereocenters. The van der Waals surface area contributed by atoms with Crippen LogP contribution < -0.4 is 0 Å². The van der Waals surface area contributed by atoms with E-state index in [1.807, 2.05) is 4.90 Å². The molecular formula is C15H22N2O3S. The molecule has 5 nitrogen and oxygen atoms in total. The van der Waals surface area contributed by atoms with Gasteiger partial charge in [0.2, 0.25) is 10.0 Å². The van der Waals surface area contributed by atoms with E-state index in [0.29, 0.717) is 11.5 Å². The number of likely N-dealkylation sites (tertiary alicyclic amines) is 1. The van der Waals surface area contributed by atoms with Crippen molar-refractivity contribution in [3.05, 3.63) is 29.8 Å². The van der Waals surface area contributed by atoms with E-state index in [4.69, 9.17) is 0 Å². The first-order chi connectivity index (χ1) is 9.82. The highest BCUT2D eigenvalue weighted by molar-refractivity contribution is 7.89. The highest BCUT2D eigenvalue weighted by atomic mass is 32.2. The summed E-state index contributed by atoms with van der Waals surface area (Å²) in [6, 6.07) is 6.18. The van der Waals surface area contributed by atoms with E-state index in [0.717, 1.165) is 30.2 Å². The van der Waals surface area contributed by atoms with Crippen LogP contribution in [0.15, 0.2) is 29.2 Å². The zero-order valence-electron chi connectivity index (χ0n) is 12.7. The quantitative estimate of drug-likeness (QED) is 0.855. The zero-order valence-corrected chi connectivity index (χ0v) is 13.6. The average molecular weight is 310 g/mol. The van der Waals surface area contributed by atoms with Crippen molar-refractivity contribution < 1.29 is 13.2 Å². The lowest BCUT2D eigenvalue weighted by Crippen LogP contribution is -2.39. The number of carbonyl (C=O) groups is 1. The third-order valence-electron chi connectivity index (χ3n) is 3.82. The molecule has 0 N–H and O–H groups in total. The van der Waals surface area contributed by atoms with Crippen molar-refractivity contribution in [2.75, 3.05) is 27.2 Å². The molecule has 1 aromatic carbocycles. The van der Waals surface area contributed by atoms with E-state index in [2.05, 4.69) is 6.92 Å². The van der Waals surface area contributed by atoms with E-state index >= 15 is 0 Å². The maximum atomic E-state index is 12.4. The van der Waals surface area contributed by atoms with Gasteiger partial charge in [-0.25, -0.2) is 12.7 Å². The van der Waals surface area contributed by atoms with Crippen LogP contribution in [0.3, 0.4) is 0 Å². The first-order valence-corrected chi connectivity index (χ1v) is 8.58. The summed E-state index contributed by atoms with van der Waals surface area (Å²) in [6.07, 6.45) is 2.18. The van der Waals surface area contributed by atoms with Gasteiger partial charge in [-0.2, -0.15) is 0 Å². The third kappa shape index (κ3) is 3.44. The molecule has 6 heteroatoms. The van der Waals surface area contributed by atoms with Gasteiger partial charge in [-0.15, -0.1) is 0 Å².